The van der Waals surface area contributed by atoms with Gasteiger partial charge in [-0.1, -0.05) is 20.8 Å². The highest BCUT2D eigenvalue weighted by atomic mass is 16.3. The van der Waals surface area contributed by atoms with Gasteiger partial charge in [0.15, 0.2) is 5.78 Å². The summed E-state index contributed by atoms with van der Waals surface area (Å²) in [7, 11) is 1.81. The van der Waals surface area contributed by atoms with E-state index in [9.17, 15) is 4.79 Å². The lowest BCUT2D eigenvalue weighted by Crippen LogP contribution is -2.33. The SMILES string of the molecule is CC.CCC(NC)C(=O)c1ccc2occc2c1. The summed E-state index contributed by atoms with van der Waals surface area (Å²) in [5, 5.41) is 3.99. The van der Waals surface area contributed by atoms with Gasteiger partial charge in [-0.25, -0.2) is 0 Å². The van der Waals surface area contributed by atoms with Gasteiger partial charge in [0.1, 0.15) is 5.58 Å². The number of ketones is 1. The van der Waals surface area contributed by atoms with Crippen molar-refractivity contribution < 1.29 is 9.21 Å². The number of hydrogen-bond acceptors (Lipinski definition) is 3. The summed E-state index contributed by atoms with van der Waals surface area (Å²) in [6.07, 6.45) is 2.42. The number of likely N-dealkylation sites (N-methyl/N-ethyl adjacent to an activating group) is 1. The first kappa shape index (κ1) is 14.5. The highest BCUT2D eigenvalue weighted by Gasteiger charge is 2.16. The zero-order valence-corrected chi connectivity index (χ0v) is 11.5. The van der Waals surface area contributed by atoms with Crippen molar-refractivity contribution in [1.82, 2.24) is 5.32 Å². The van der Waals surface area contributed by atoms with Crippen LogP contribution in [0.25, 0.3) is 11.0 Å². The second-order valence-corrected chi connectivity index (χ2v) is 3.79. The normalized spacial score (nSPS) is 11.8. The van der Waals surface area contributed by atoms with E-state index in [0.717, 1.165) is 23.0 Å². The number of rotatable bonds is 4. The number of Topliss-reactive ketones (excluding diaryl/α,β-unsaturated/α-hetero) is 1. The van der Waals surface area contributed by atoms with Crippen LogP contribution >= 0.6 is 0 Å². The molecule has 3 nitrogen and oxygen atoms in total. The van der Waals surface area contributed by atoms with Gasteiger partial charge in [0.2, 0.25) is 0 Å². The van der Waals surface area contributed by atoms with Crippen LogP contribution in [-0.4, -0.2) is 18.9 Å². The lowest BCUT2D eigenvalue weighted by Gasteiger charge is -2.12. The molecule has 1 aromatic carbocycles. The molecule has 0 saturated heterocycles. The van der Waals surface area contributed by atoms with Gasteiger partial charge in [-0.2, -0.15) is 0 Å². The first-order chi connectivity index (χ1) is 8.76. The lowest BCUT2D eigenvalue weighted by molar-refractivity contribution is 0.0945. The molecule has 18 heavy (non-hydrogen) atoms. The minimum absolute atomic E-state index is 0.107. The number of hydrogen-bond donors (Lipinski definition) is 1. The van der Waals surface area contributed by atoms with Gasteiger partial charge in [0.25, 0.3) is 0 Å². The van der Waals surface area contributed by atoms with Gasteiger partial charge >= 0.3 is 0 Å². The molecular formula is C15H21NO2. The number of furan rings is 1. The third kappa shape index (κ3) is 2.99. The molecule has 1 unspecified atom stereocenters. The Labute approximate surface area is 108 Å². The van der Waals surface area contributed by atoms with Crippen LogP contribution in [-0.2, 0) is 0 Å². The van der Waals surface area contributed by atoms with Crippen molar-refractivity contribution in [2.24, 2.45) is 0 Å². The molecule has 1 heterocycles. The minimum Gasteiger partial charge on any atom is -0.464 e. The Morgan fingerprint density at radius 3 is 2.67 bits per heavy atom. The predicted molar refractivity (Wildman–Crippen MR) is 75.0 cm³/mol. The molecule has 0 fully saturated rings. The molecule has 0 radical (unpaired) electrons. The van der Waals surface area contributed by atoms with E-state index >= 15 is 0 Å². The van der Waals surface area contributed by atoms with Crippen molar-refractivity contribution in [2.45, 2.75) is 33.2 Å². The van der Waals surface area contributed by atoms with Crippen molar-refractivity contribution >= 4 is 16.8 Å². The van der Waals surface area contributed by atoms with Gasteiger partial charge < -0.3 is 9.73 Å². The Bertz CT molecular complexity index is 498. The smallest absolute Gasteiger partial charge is 0.179 e. The van der Waals surface area contributed by atoms with E-state index in [-0.39, 0.29) is 11.8 Å². The molecule has 0 bridgehead atoms. The van der Waals surface area contributed by atoms with Crippen LogP contribution in [0.4, 0.5) is 0 Å². The largest absolute Gasteiger partial charge is 0.464 e. The van der Waals surface area contributed by atoms with Crippen molar-refractivity contribution in [3.8, 4) is 0 Å². The van der Waals surface area contributed by atoms with Crippen LogP contribution in [0.1, 0.15) is 37.6 Å². The molecule has 0 amide bonds. The molecule has 3 heteroatoms. The van der Waals surface area contributed by atoms with Crippen LogP contribution in [0.5, 0.6) is 0 Å². The fourth-order valence-corrected chi connectivity index (χ4v) is 1.84. The standard InChI is InChI=1S/C13H15NO2.C2H6/c1-3-11(14-2)13(15)10-4-5-12-9(8-10)6-7-16-12;1-2/h4-8,11,14H,3H2,1-2H3;1-2H3. The average molecular weight is 247 g/mol. The summed E-state index contributed by atoms with van der Waals surface area (Å²) < 4.78 is 5.24. The molecule has 1 aromatic heterocycles. The molecule has 1 N–H and O–H groups in total. The summed E-state index contributed by atoms with van der Waals surface area (Å²) in [5.41, 5.74) is 1.55. The van der Waals surface area contributed by atoms with E-state index in [2.05, 4.69) is 5.32 Å². The van der Waals surface area contributed by atoms with Crippen LogP contribution in [0, 0.1) is 0 Å². The topological polar surface area (TPSA) is 42.2 Å². The number of carbonyl (C=O) groups excluding carboxylic acids is 1. The maximum absolute atomic E-state index is 12.1. The molecule has 1 atom stereocenters. The van der Waals surface area contributed by atoms with E-state index in [4.69, 9.17) is 4.42 Å². The molecule has 98 valence electrons. The molecule has 0 spiro atoms. The Kier molecular flexibility index (Phi) is 5.59. The van der Waals surface area contributed by atoms with Gasteiger partial charge in [-0.05, 0) is 37.7 Å². The molecule has 2 aromatic rings. The molecule has 0 aliphatic carbocycles. The maximum Gasteiger partial charge on any atom is 0.179 e. The molecule has 0 aliphatic heterocycles. The van der Waals surface area contributed by atoms with Crippen molar-refractivity contribution in [2.75, 3.05) is 7.05 Å². The average Bonchev–Trinajstić information content (AvgIpc) is 2.89. The quantitative estimate of drug-likeness (QED) is 0.839. The van der Waals surface area contributed by atoms with Crippen LogP contribution < -0.4 is 5.32 Å². The fourth-order valence-electron chi connectivity index (χ4n) is 1.84. The summed E-state index contributed by atoms with van der Waals surface area (Å²) in [5.74, 6) is 0.133. The highest BCUT2D eigenvalue weighted by molar-refractivity contribution is 6.02. The Morgan fingerprint density at radius 1 is 1.33 bits per heavy atom. The van der Waals surface area contributed by atoms with Crippen LogP contribution in [0.2, 0.25) is 0 Å². The second kappa shape index (κ2) is 6.97. The lowest BCUT2D eigenvalue weighted by atomic mass is 10.0. The van der Waals surface area contributed by atoms with Gasteiger partial charge in [0, 0.05) is 10.9 Å². The van der Waals surface area contributed by atoms with Crippen LogP contribution in [0.3, 0.4) is 0 Å². The van der Waals surface area contributed by atoms with E-state index in [1.165, 1.54) is 0 Å². The number of nitrogens with one attached hydrogen (secondary N) is 1. The third-order valence-electron chi connectivity index (χ3n) is 2.81. The van der Waals surface area contributed by atoms with E-state index in [1.54, 1.807) is 6.26 Å². The van der Waals surface area contributed by atoms with Crippen LogP contribution in [0.15, 0.2) is 34.9 Å². The molecule has 2 rings (SSSR count). The first-order valence-corrected chi connectivity index (χ1v) is 6.45. The number of carbonyl (C=O) groups is 1. The fraction of sp³-hybridized carbons (Fsp3) is 0.400. The highest BCUT2D eigenvalue weighted by Crippen LogP contribution is 2.18. The van der Waals surface area contributed by atoms with Gasteiger partial charge in [-0.3, -0.25) is 4.79 Å². The van der Waals surface area contributed by atoms with Crippen molar-refractivity contribution in [3.63, 3.8) is 0 Å². The monoisotopic (exact) mass is 247 g/mol. The van der Waals surface area contributed by atoms with Gasteiger partial charge in [0.05, 0.1) is 12.3 Å². The Morgan fingerprint density at radius 2 is 2.06 bits per heavy atom. The zero-order chi connectivity index (χ0) is 13.5. The number of fused-ring (bicyclic) bond motifs is 1. The van der Waals surface area contributed by atoms with E-state index in [0.29, 0.717) is 0 Å². The Balaban J connectivity index is 0.000000771. The van der Waals surface area contributed by atoms with Crippen molar-refractivity contribution in [3.05, 3.63) is 36.1 Å². The summed E-state index contributed by atoms with van der Waals surface area (Å²) in [6.45, 7) is 6.00. The van der Waals surface area contributed by atoms with Gasteiger partial charge in [-0.15, -0.1) is 0 Å². The zero-order valence-electron chi connectivity index (χ0n) is 11.5. The predicted octanol–water partition coefficient (Wildman–Crippen LogP) is 3.64. The summed E-state index contributed by atoms with van der Waals surface area (Å²) in [4.78, 5) is 12.1. The van der Waals surface area contributed by atoms with E-state index < -0.39 is 0 Å². The molecule has 0 aliphatic rings. The van der Waals surface area contributed by atoms with Crippen molar-refractivity contribution in [1.29, 1.82) is 0 Å². The number of benzene rings is 1. The second-order valence-electron chi connectivity index (χ2n) is 3.79. The third-order valence-corrected chi connectivity index (χ3v) is 2.81. The maximum atomic E-state index is 12.1. The summed E-state index contributed by atoms with van der Waals surface area (Å²) >= 11 is 0. The Hall–Kier alpha value is -1.61. The minimum atomic E-state index is -0.107. The summed E-state index contributed by atoms with van der Waals surface area (Å²) in [6, 6.07) is 7.29. The molecular weight excluding hydrogens is 226 g/mol. The first-order valence-electron chi connectivity index (χ1n) is 6.45. The van der Waals surface area contributed by atoms with E-state index in [1.807, 2.05) is 52.1 Å². The molecule has 0 saturated carbocycles.